The van der Waals surface area contributed by atoms with E-state index in [1.54, 1.807) is 0 Å². The molecule has 4 aromatic rings. The average molecular weight is 608 g/mol. The normalized spacial score (nSPS) is 14.6. The van der Waals surface area contributed by atoms with Gasteiger partial charge >= 0.3 is 0 Å². The number of aliphatic hydroxyl groups is 2. The first-order valence-electron chi connectivity index (χ1n) is 11.9. The molecule has 4 aromatic carbocycles. The van der Waals surface area contributed by atoms with Crippen LogP contribution in [0.3, 0.4) is 0 Å². The summed E-state index contributed by atoms with van der Waals surface area (Å²) in [6, 6.07) is 34.2. The molecule has 0 spiro atoms. The maximum absolute atomic E-state index is 14.3. The summed E-state index contributed by atoms with van der Waals surface area (Å²) >= 11 is 6.88. The van der Waals surface area contributed by atoms with Gasteiger partial charge in [0.15, 0.2) is 0 Å². The monoisotopic (exact) mass is 606 g/mol. The molecule has 184 valence electrons. The lowest BCUT2D eigenvalue weighted by atomic mass is 9.76. The van der Waals surface area contributed by atoms with Crippen molar-refractivity contribution in [2.24, 2.45) is 11.8 Å². The molecule has 0 aliphatic carbocycles. The van der Waals surface area contributed by atoms with Gasteiger partial charge in [-0.1, -0.05) is 117 Å². The second-order valence-electron chi connectivity index (χ2n) is 8.99. The van der Waals surface area contributed by atoms with Gasteiger partial charge < -0.3 is 10.2 Å². The molecule has 0 aliphatic rings. The van der Waals surface area contributed by atoms with Crippen LogP contribution in [0.4, 0.5) is 0 Å². The van der Waals surface area contributed by atoms with Crippen molar-refractivity contribution in [3.05, 3.63) is 140 Å². The van der Waals surface area contributed by atoms with E-state index in [1.165, 1.54) is 0 Å². The molecule has 0 heterocycles. The van der Waals surface area contributed by atoms with Gasteiger partial charge in [0.05, 0.1) is 24.0 Å². The van der Waals surface area contributed by atoms with Crippen LogP contribution in [0.5, 0.6) is 0 Å². The van der Waals surface area contributed by atoms with Gasteiger partial charge in [-0.15, -0.1) is 0 Å². The van der Waals surface area contributed by atoms with E-state index in [1.807, 2.05) is 109 Å². The smallest absolute Gasteiger partial charge is 0.145 e. The summed E-state index contributed by atoms with van der Waals surface area (Å²) < 4.78 is 1.80. The van der Waals surface area contributed by atoms with Crippen LogP contribution in [0.2, 0.25) is 0 Å². The molecule has 0 aliphatic heterocycles. The van der Waals surface area contributed by atoms with Gasteiger partial charge in [0.1, 0.15) is 5.78 Å². The van der Waals surface area contributed by atoms with E-state index in [-0.39, 0.29) is 5.78 Å². The Balaban J connectivity index is 1.72. The summed E-state index contributed by atoms with van der Waals surface area (Å²) in [7, 11) is 0. The van der Waals surface area contributed by atoms with Crippen LogP contribution in [0.15, 0.2) is 118 Å². The van der Waals surface area contributed by atoms with E-state index in [9.17, 15) is 15.0 Å². The van der Waals surface area contributed by atoms with Crippen molar-refractivity contribution in [2.45, 2.75) is 25.0 Å². The number of carbonyl (C=O) groups excluding carboxylic acids is 1. The molecular weight excluding hydrogens is 580 g/mol. The number of hydrogen-bond acceptors (Lipinski definition) is 3. The molecule has 4 rings (SSSR count). The molecule has 0 radical (unpaired) electrons. The van der Waals surface area contributed by atoms with E-state index in [0.717, 1.165) is 20.1 Å². The van der Waals surface area contributed by atoms with Crippen LogP contribution >= 0.6 is 31.9 Å². The Morgan fingerprint density at radius 1 is 0.556 bits per heavy atom. The van der Waals surface area contributed by atoms with Gasteiger partial charge in [-0.05, 0) is 59.4 Å². The van der Waals surface area contributed by atoms with Gasteiger partial charge in [0, 0.05) is 8.95 Å². The fourth-order valence-electron chi connectivity index (χ4n) is 4.53. The van der Waals surface area contributed by atoms with Gasteiger partial charge in [-0.25, -0.2) is 0 Å². The summed E-state index contributed by atoms with van der Waals surface area (Å²) in [6.07, 6.45) is -1.28. The van der Waals surface area contributed by atoms with Gasteiger partial charge in [-0.3, -0.25) is 4.79 Å². The van der Waals surface area contributed by atoms with Gasteiger partial charge in [-0.2, -0.15) is 0 Å². The fraction of sp³-hybridized carbons (Fsp3) is 0.194. The Kier molecular flexibility index (Phi) is 9.27. The third kappa shape index (κ3) is 6.80. The molecular formula is C31H28Br2O3. The minimum absolute atomic E-state index is 0.159. The second kappa shape index (κ2) is 12.6. The highest BCUT2D eigenvalue weighted by atomic mass is 79.9. The zero-order valence-corrected chi connectivity index (χ0v) is 22.8. The van der Waals surface area contributed by atoms with Crippen molar-refractivity contribution in [3.63, 3.8) is 0 Å². The first-order valence-corrected chi connectivity index (χ1v) is 13.5. The number of halogens is 2. The van der Waals surface area contributed by atoms with E-state index >= 15 is 0 Å². The molecule has 5 heteroatoms. The predicted octanol–water partition coefficient (Wildman–Crippen LogP) is 7.27. The van der Waals surface area contributed by atoms with E-state index in [0.29, 0.717) is 24.0 Å². The molecule has 0 saturated carbocycles. The Labute approximate surface area is 229 Å². The van der Waals surface area contributed by atoms with Crippen LogP contribution in [0.25, 0.3) is 0 Å². The highest BCUT2D eigenvalue weighted by Crippen LogP contribution is 2.35. The summed E-state index contributed by atoms with van der Waals surface area (Å²) in [5.41, 5.74) is 3.26. The van der Waals surface area contributed by atoms with Crippen LogP contribution in [0.1, 0.15) is 34.5 Å². The Hall–Kier alpha value is -2.57. The molecule has 0 bridgehead atoms. The largest absolute Gasteiger partial charge is 0.388 e. The standard InChI is InChI=1S/C31H28Br2O3/c32-25-15-11-23(12-16-25)29(34)27(19-21-7-3-1-4-8-21)31(36)28(20-22-9-5-2-6-10-22)30(35)24-13-17-26(33)18-14-24/h1-18,27-30,34-35H,19-20H2/t27-,28-,29+,30+/m1/s1. The quantitative estimate of drug-likeness (QED) is 0.199. The number of aliphatic hydroxyl groups excluding tert-OH is 2. The van der Waals surface area contributed by atoms with Crippen LogP contribution in [-0.2, 0) is 17.6 Å². The topological polar surface area (TPSA) is 57.5 Å². The lowest BCUT2D eigenvalue weighted by Crippen LogP contribution is -2.35. The number of rotatable bonds is 10. The molecule has 3 nitrogen and oxygen atoms in total. The van der Waals surface area contributed by atoms with Crippen molar-refractivity contribution in [2.75, 3.05) is 0 Å². The number of ketones is 1. The van der Waals surface area contributed by atoms with Crippen molar-refractivity contribution in [1.82, 2.24) is 0 Å². The van der Waals surface area contributed by atoms with Gasteiger partial charge in [0.25, 0.3) is 0 Å². The van der Waals surface area contributed by atoms with Crippen LogP contribution in [-0.4, -0.2) is 16.0 Å². The average Bonchev–Trinajstić information content (AvgIpc) is 2.91. The zero-order chi connectivity index (χ0) is 25.5. The van der Waals surface area contributed by atoms with Gasteiger partial charge in [0.2, 0.25) is 0 Å². The summed E-state index contributed by atoms with van der Waals surface area (Å²) in [4.78, 5) is 14.3. The molecule has 0 unspecified atom stereocenters. The SMILES string of the molecule is O=C([C@H](Cc1ccccc1)[C@@H](O)c1ccc(Br)cc1)[C@H](Cc1ccccc1)[C@@H](O)c1ccc(Br)cc1. The predicted molar refractivity (Wildman–Crippen MR) is 150 cm³/mol. The molecule has 0 fully saturated rings. The molecule has 0 saturated heterocycles. The molecule has 0 amide bonds. The Morgan fingerprint density at radius 2 is 0.889 bits per heavy atom. The third-order valence-corrected chi connectivity index (χ3v) is 7.57. The number of benzene rings is 4. The molecule has 4 atom stereocenters. The second-order valence-corrected chi connectivity index (χ2v) is 10.8. The maximum Gasteiger partial charge on any atom is 0.145 e. The van der Waals surface area contributed by atoms with Crippen LogP contribution in [0, 0.1) is 11.8 Å². The number of Topliss-reactive ketones (excluding diaryl/α,β-unsaturated/α-hetero) is 1. The van der Waals surface area contributed by atoms with Crippen molar-refractivity contribution >= 4 is 37.6 Å². The molecule has 36 heavy (non-hydrogen) atoms. The number of carbonyl (C=O) groups is 1. The molecule has 0 aromatic heterocycles. The highest BCUT2D eigenvalue weighted by molar-refractivity contribution is 9.10. The Bertz CT molecular complexity index is 1140. The van der Waals surface area contributed by atoms with Crippen molar-refractivity contribution in [1.29, 1.82) is 0 Å². The van der Waals surface area contributed by atoms with E-state index in [2.05, 4.69) is 31.9 Å². The number of hydrogen-bond donors (Lipinski definition) is 2. The summed E-state index contributed by atoms with van der Waals surface area (Å²) in [6.45, 7) is 0. The van der Waals surface area contributed by atoms with Crippen molar-refractivity contribution in [3.8, 4) is 0 Å². The van der Waals surface area contributed by atoms with Crippen LogP contribution < -0.4 is 0 Å². The molecule has 2 N–H and O–H groups in total. The zero-order valence-electron chi connectivity index (χ0n) is 19.7. The maximum atomic E-state index is 14.3. The summed E-state index contributed by atoms with van der Waals surface area (Å²) in [5, 5.41) is 23.0. The first-order chi connectivity index (χ1) is 17.4. The van der Waals surface area contributed by atoms with E-state index in [4.69, 9.17) is 0 Å². The lowest BCUT2D eigenvalue weighted by Gasteiger charge is -2.30. The lowest BCUT2D eigenvalue weighted by molar-refractivity contribution is -0.134. The fourth-order valence-corrected chi connectivity index (χ4v) is 5.06. The first kappa shape index (κ1) is 26.5. The minimum atomic E-state index is -1.01. The minimum Gasteiger partial charge on any atom is -0.388 e. The third-order valence-electron chi connectivity index (χ3n) is 6.51. The Morgan fingerprint density at radius 3 is 1.22 bits per heavy atom. The van der Waals surface area contributed by atoms with E-state index < -0.39 is 24.0 Å². The summed E-state index contributed by atoms with van der Waals surface area (Å²) in [5.74, 6) is -1.62. The van der Waals surface area contributed by atoms with Crippen molar-refractivity contribution < 1.29 is 15.0 Å². The highest BCUT2D eigenvalue weighted by Gasteiger charge is 2.37.